The first-order valence-corrected chi connectivity index (χ1v) is 9.45. The third-order valence-corrected chi connectivity index (χ3v) is 5.25. The monoisotopic (exact) mass is 406 g/mol. The third kappa shape index (κ3) is 2.98. The van der Waals surface area contributed by atoms with Crippen molar-refractivity contribution in [3.63, 3.8) is 0 Å². The van der Waals surface area contributed by atoms with E-state index in [-0.39, 0.29) is 18.0 Å². The molecular formula is C20H15ClN6O2. The van der Waals surface area contributed by atoms with Crippen molar-refractivity contribution < 1.29 is 4.79 Å². The SMILES string of the molecule is O=C(Cn1cnc2c(nnn2-c2ccc(Cl)cc2)c1=O)N1CCc2ccccc21. The van der Waals surface area contributed by atoms with Crippen molar-refractivity contribution >= 4 is 34.4 Å². The zero-order valence-electron chi connectivity index (χ0n) is 15.2. The van der Waals surface area contributed by atoms with Gasteiger partial charge in [0.2, 0.25) is 5.91 Å². The van der Waals surface area contributed by atoms with E-state index in [9.17, 15) is 9.59 Å². The number of carbonyl (C=O) groups is 1. The summed E-state index contributed by atoms with van der Waals surface area (Å²) in [4.78, 5) is 31.7. The van der Waals surface area contributed by atoms with Gasteiger partial charge in [0.15, 0.2) is 11.2 Å². The van der Waals surface area contributed by atoms with Crippen LogP contribution in [0.3, 0.4) is 0 Å². The molecule has 0 bridgehead atoms. The van der Waals surface area contributed by atoms with Crippen LogP contribution in [0.15, 0.2) is 59.7 Å². The number of nitrogens with zero attached hydrogens (tertiary/aromatic N) is 6. The topological polar surface area (TPSA) is 85.9 Å². The Bertz CT molecular complexity index is 1290. The van der Waals surface area contributed by atoms with Crippen LogP contribution < -0.4 is 10.5 Å². The van der Waals surface area contributed by atoms with Crippen LogP contribution in [0, 0.1) is 0 Å². The molecule has 0 atom stereocenters. The van der Waals surface area contributed by atoms with Crippen LogP contribution in [0.2, 0.25) is 5.02 Å². The molecule has 2 aromatic heterocycles. The molecule has 29 heavy (non-hydrogen) atoms. The highest BCUT2D eigenvalue weighted by molar-refractivity contribution is 6.30. The first-order chi connectivity index (χ1) is 14.1. The van der Waals surface area contributed by atoms with Gasteiger partial charge in [-0.05, 0) is 42.3 Å². The van der Waals surface area contributed by atoms with Crippen molar-refractivity contribution in [1.29, 1.82) is 0 Å². The van der Waals surface area contributed by atoms with E-state index in [2.05, 4.69) is 15.3 Å². The molecule has 1 aliphatic rings. The smallest absolute Gasteiger partial charge is 0.284 e. The van der Waals surface area contributed by atoms with Crippen molar-refractivity contribution in [3.8, 4) is 5.69 Å². The highest BCUT2D eigenvalue weighted by atomic mass is 35.5. The number of benzene rings is 2. The van der Waals surface area contributed by atoms with Gasteiger partial charge in [0.1, 0.15) is 12.9 Å². The van der Waals surface area contributed by atoms with Gasteiger partial charge in [-0.25, -0.2) is 4.98 Å². The van der Waals surface area contributed by atoms with Crippen molar-refractivity contribution in [2.45, 2.75) is 13.0 Å². The molecule has 9 heteroatoms. The van der Waals surface area contributed by atoms with Crippen LogP contribution in [0.25, 0.3) is 16.9 Å². The van der Waals surface area contributed by atoms with Crippen molar-refractivity contribution in [2.75, 3.05) is 11.4 Å². The van der Waals surface area contributed by atoms with Crippen molar-refractivity contribution in [2.24, 2.45) is 0 Å². The molecular weight excluding hydrogens is 392 g/mol. The zero-order valence-corrected chi connectivity index (χ0v) is 16.0. The quantitative estimate of drug-likeness (QED) is 0.520. The number of hydrogen-bond donors (Lipinski definition) is 0. The molecule has 8 nitrogen and oxygen atoms in total. The lowest BCUT2D eigenvalue weighted by Gasteiger charge is -2.17. The maximum atomic E-state index is 12.8. The fourth-order valence-corrected chi connectivity index (χ4v) is 3.67. The second kappa shape index (κ2) is 6.82. The van der Waals surface area contributed by atoms with Gasteiger partial charge in [0.25, 0.3) is 5.56 Å². The van der Waals surface area contributed by atoms with E-state index in [1.165, 1.54) is 15.6 Å². The Kier molecular flexibility index (Phi) is 4.13. The maximum absolute atomic E-state index is 12.8. The molecule has 0 spiro atoms. The molecule has 2 aromatic carbocycles. The fraction of sp³-hybridized carbons (Fsp3) is 0.150. The summed E-state index contributed by atoms with van der Waals surface area (Å²) in [6.45, 7) is 0.499. The lowest BCUT2D eigenvalue weighted by molar-refractivity contribution is -0.119. The number of halogens is 1. The standard InChI is InChI=1S/C20H15ClN6O2/c21-14-5-7-15(8-6-14)27-19-18(23-24-27)20(29)25(12-22-19)11-17(28)26-10-9-13-3-1-2-4-16(13)26/h1-8,12H,9-11H2. The molecule has 0 N–H and O–H groups in total. The first kappa shape index (κ1) is 17.6. The minimum absolute atomic E-state index is 0.107. The van der Waals surface area contributed by atoms with Crippen LogP contribution in [0.1, 0.15) is 5.56 Å². The van der Waals surface area contributed by atoms with Gasteiger partial charge in [-0.3, -0.25) is 14.2 Å². The Balaban J connectivity index is 1.46. The van der Waals surface area contributed by atoms with Gasteiger partial charge < -0.3 is 4.90 Å². The summed E-state index contributed by atoms with van der Waals surface area (Å²) < 4.78 is 2.74. The Hall–Kier alpha value is -3.52. The van der Waals surface area contributed by atoms with E-state index >= 15 is 0 Å². The van der Waals surface area contributed by atoms with Gasteiger partial charge in [-0.15, -0.1) is 5.10 Å². The number of hydrogen-bond acceptors (Lipinski definition) is 5. The summed E-state index contributed by atoms with van der Waals surface area (Å²) in [7, 11) is 0. The molecule has 144 valence electrons. The number of aromatic nitrogens is 5. The van der Waals surface area contributed by atoms with E-state index in [4.69, 9.17) is 11.6 Å². The lowest BCUT2D eigenvalue weighted by Crippen LogP contribution is -2.35. The minimum Gasteiger partial charge on any atom is -0.310 e. The van der Waals surface area contributed by atoms with Crippen LogP contribution in [0.5, 0.6) is 0 Å². The van der Waals surface area contributed by atoms with Crippen molar-refractivity contribution in [1.82, 2.24) is 24.5 Å². The van der Waals surface area contributed by atoms with Gasteiger partial charge in [-0.1, -0.05) is 35.0 Å². The predicted molar refractivity (Wildman–Crippen MR) is 108 cm³/mol. The highest BCUT2D eigenvalue weighted by Crippen LogP contribution is 2.27. The maximum Gasteiger partial charge on any atom is 0.284 e. The van der Waals surface area contributed by atoms with E-state index < -0.39 is 5.56 Å². The van der Waals surface area contributed by atoms with E-state index in [1.54, 1.807) is 29.2 Å². The number of para-hydroxylation sites is 1. The van der Waals surface area contributed by atoms with Crippen LogP contribution in [-0.4, -0.2) is 37.0 Å². The fourth-order valence-electron chi connectivity index (χ4n) is 3.54. The number of rotatable bonds is 3. The summed E-state index contributed by atoms with van der Waals surface area (Å²) in [5.74, 6) is -0.164. The summed E-state index contributed by atoms with van der Waals surface area (Å²) in [5, 5.41) is 8.61. The average Bonchev–Trinajstić information content (AvgIpc) is 3.35. The summed E-state index contributed by atoms with van der Waals surface area (Å²) in [5.41, 5.74) is 2.74. The number of fused-ring (bicyclic) bond motifs is 2. The Morgan fingerprint density at radius 1 is 1.10 bits per heavy atom. The molecule has 4 aromatic rings. The number of amides is 1. The second-order valence-electron chi connectivity index (χ2n) is 6.75. The summed E-state index contributed by atoms with van der Waals surface area (Å²) in [6, 6.07) is 14.8. The van der Waals surface area contributed by atoms with E-state index in [0.717, 1.165) is 17.7 Å². The Morgan fingerprint density at radius 3 is 2.72 bits per heavy atom. The number of anilines is 1. The van der Waals surface area contributed by atoms with Crippen molar-refractivity contribution in [3.05, 3.63) is 75.8 Å². The van der Waals surface area contributed by atoms with Gasteiger partial charge >= 0.3 is 0 Å². The van der Waals surface area contributed by atoms with E-state index in [0.29, 0.717) is 22.9 Å². The molecule has 3 heterocycles. The summed E-state index contributed by atoms with van der Waals surface area (Å²) >= 11 is 5.92. The molecule has 0 saturated heterocycles. The molecule has 0 unspecified atom stereocenters. The van der Waals surface area contributed by atoms with Gasteiger partial charge in [-0.2, -0.15) is 4.68 Å². The normalized spacial score (nSPS) is 13.1. The lowest BCUT2D eigenvalue weighted by atomic mass is 10.2. The second-order valence-corrected chi connectivity index (χ2v) is 7.19. The van der Waals surface area contributed by atoms with Crippen LogP contribution in [-0.2, 0) is 17.8 Å². The molecule has 0 aliphatic carbocycles. The predicted octanol–water partition coefficient (Wildman–Crippen LogP) is 2.22. The molecule has 1 aliphatic heterocycles. The molecule has 1 amide bonds. The highest BCUT2D eigenvalue weighted by Gasteiger charge is 2.25. The average molecular weight is 407 g/mol. The molecule has 5 rings (SSSR count). The number of carbonyl (C=O) groups excluding carboxylic acids is 1. The third-order valence-electron chi connectivity index (χ3n) is 4.99. The largest absolute Gasteiger partial charge is 0.310 e. The summed E-state index contributed by atoms with van der Waals surface area (Å²) in [6.07, 6.45) is 2.17. The molecule has 0 fully saturated rings. The zero-order chi connectivity index (χ0) is 20.0. The first-order valence-electron chi connectivity index (χ1n) is 9.07. The Labute approximate surface area is 170 Å². The van der Waals surface area contributed by atoms with Crippen LogP contribution >= 0.6 is 11.6 Å². The van der Waals surface area contributed by atoms with Gasteiger partial charge in [0.05, 0.1) is 5.69 Å². The Morgan fingerprint density at radius 2 is 1.90 bits per heavy atom. The molecule has 0 radical (unpaired) electrons. The molecule has 0 saturated carbocycles. The van der Waals surface area contributed by atoms with E-state index in [1.807, 2.05) is 24.3 Å². The minimum atomic E-state index is -0.406. The van der Waals surface area contributed by atoms with Crippen LogP contribution in [0.4, 0.5) is 5.69 Å². The van der Waals surface area contributed by atoms with Gasteiger partial charge in [0, 0.05) is 17.3 Å².